The van der Waals surface area contributed by atoms with Gasteiger partial charge in [0.25, 0.3) is 0 Å². The van der Waals surface area contributed by atoms with Gasteiger partial charge in [-0.15, -0.1) is 10.2 Å². The van der Waals surface area contributed by atoms with Crippen LogP contribution < -0.4 is 4.90 Å². The van der Waals surface area contributed by atoms with Crippen LogP contribution in [0.2, 0.25) is 0 Å². The Balaban J connectivity index is 1.31. The third-order valence-electron chi connectivity index (χ3n) is 5.91. The molecule has 1 fully saturated rings. The number of hydrogen-bond donors (Lipinski definition) is 0. The first-order chi connectivity index (χ1) is 15.5. The van der Waals surface area contributed by atoms with Crippen LogP contribution in [0.25, 0.3) is 22.0 Å². The number of fused-ring (bicyclic) bond motifs is 1. The summed E-state index contributed by atoms with van der Waals surface area (Å²) < 4.78 is 27.5. The SMILES string of the molecule is Cc1cccc(S(=O)(=O)N2CCN(c3ccc(-c4cccc5ccccc45)nn3)CC2)c1. The van der Waals surface area contributed by atoms with Crippen molar-refractivity contribution in [3.8, 4) is 11.3 Å². The van der Waals surface area contributed by atoms with Crippen LogP contribution in [0.15, 0.2) is 83.8 Å². The van der Waals surface area contributed by atoms with Crippen LogP contribution in [0.5, 0.6) is 0 Å². The summed E-state index contributed by atoms with van der Waals surface area (Å²) in [4.78, 5) is 2.44. The van der Waals surface area contributed by atoms with Crippen molar-refractivity contribution in [3.63, 3.8) is 0 Å². The lowest BCUT2D eigenvalue weighted by Crippen LogP contribution is -2.49. The topological polar surface area (TPSA) is 66.4 Å². The van der Waals surface area contributed by atoms with Gasteiger partial charge in [-0.2, -0.15) is 4.31 Å². The lowest BCUT2D eigenvalue weighted by Gasteiger charge is -2.34. The van der Waals surface area contributed by atoms with Gasteiger partial charge in [0.05, 0.1) is 10.6 Å². The molecule has 4 aromatic rings. The number of aryl methyl sites for hydroxylation is 1. The number of sulfonamides is 1. The maximum absolute atomic E-state index is 13.0. The summed E-state index contributed by atoms with van der Waals surface area (Å²) in [5.74, 6) is 0.765. The van der Waals surface area contributed by atoms with Crippen molar-refractivity contribution >= 4 is 26.6 Å². The summed E-state index contributed by atoms with van der Waals surface area (Å²) >= 11 is 0. The van der Waals surface area contributed by atoms with E-state index in [9.17, 15) is 8.42 Å². The zero-order valence-corrected chi connectivity index (χ0v) is 18.7. The van der Waals surface area contributed by atoms with Gasteiger partial charge in [-0.25, -0.2) is 8.42 Å². The highest BCUT2D eigenvalue weighted by Gasteiger charge is 2.29. The average molecular weight is 445 g/mol. The van der Waals surface area contributed by atoms with Crippen molar-refractivity contribution in [3.05, 3.63) is 84.4 Å². The van der Waals surface area contributed by atoms with Gasteiger partial charge >= 0.3 is 0 Å². The van der Waals surface area contributed by atoms with Crippen LogP contribution in [-0.4, -0.2) is 49.1 Å². The van der Waals surface area contributed by atoms with E-state index in [4.69, 9.17) is 0 Å². The van der Waals surface area contributed by atoms with Gasteiger partial charge in [-0.05, 0) is 47.5 Å². The lowest BCUT2D eigenvalue weighted by atomic mass is 10.0. The van der Waals surface area contributed by atoms with Crippen molar-refractivity contribution in [2.75, 3.05) is 31.1 Å². The summed E-state index contributed by atoms with van der Waals surface area (Å²) in [5.41, 5.74) is 2.81. The summed E-state index contributed by atoms with van der Waals surface area (Å²) in [7, 11) is -3.48. The fourth-order valence-electron chi connectivity index (χ4n) is 4.17. The molecule has 7 heteroatoms. The lowest BCUT2D eigenvalue weighted by molar-refractivity contribution is 0.383. The molecule has 0 amide bonds. The van der Waals surface area contributed by atoms with Crippen LogP contribution >= 0.6 is 0 Å². The molecular weight excluding hydrogens is 420 g/mol. The average Bonchev–Trinajstić information content (AvgIpc) is 2.84. The van der Waals surface area contributed by atoms with Crippen molar-refractivity contribution in [1.82, 2.24) is 14.5 Å². The molecule has 6 nitrogen and oxygen atoms in total. The Morgan fingerprint density at radius 1 is 0.781 bits per heavy atom. The van der Waals surface area contributed by atoms with E-state index < -0.39 is 10.0 Å². The molecule has 32 heavy (non-hydrogen) atoms. The van der Waals surface area contributed by atoms with Crippen LogP contribution in [0.1, 0.15) is 5.56 Å². The number of hydrogen-bond acceptors (Lipinski definition) is 5. The van der Waals surface area contributed by atoms with Gasteiger partial charge in [-0.3, -0.25) is 0 Å². The van der Waals surface area contributed by atoms with E-state index in [-0.39, 0.29) is 0 Å². The van der Waals surface area contributed by atoms with E-state index in [1.165, 1.54) is 5.39 Å². The fraction of sp³-hybridized carbons (Fsp3) is 0.200. The number of piperazine rings is 1. The molecule has 0 atom stereocenters. The molecule has 0 bridgehead atoms. The van der Waals surface area contributed by atoms with Crippen molar-refractivity contribution in [1.29, 1.82) is 0 Å². The Labute approximate surface area is 188 Å². The first-order valence-corrected chi connectivity index (χ1v) is 12.1. The second kappa shape index (κ2) is 8.33. The zero-order chi connectivity index (χ0) is 22.1. The number of nitrogens with zero attached hydrogens (tertiary/aromatic N) is 4. The van der Waals surface area contributed by atoms with Gasteiger partial charge in [0, 0.05) is 31.7 Å². The molecule has 1 aliphatic rings. The largest absolute Gasteiger partial charge is 0.352 e. The van der Waals surface area contributed by atoms with Crippen LogP contribution in [-0.2, 0) is 10.0 Å². The monoisotopic (exact) mass is 444 g/mol. The number of aromatic nitrogens is 2. The molecule has 1 aromatic heterocycles. The molecule has 0 N–H and O–H groups in total. The molecule has 0 radical (unpaired) electrons. The summed E-state index contributed by atoms with van der Waals surface area (Å²) in [6.45, 7) is 3.89. The molecule has 5 rings (SSSR count). The fourth-order valence-corrected chi connectivity index (χ4v) is 5.70. The Morgan fingerprint density at radius 2 is 1.53 bits per heavy atom. The van der Waals surface area contributed by atoms with E-state index >= 15 is 0 Å². The van der Waals surface area contributed by atoms with E-state index in [0.29, 0.717) is 31.1 Å². The highest BCUT2D eigenvalue weighted by atomic mass is 32.2. The Morgan fingerprint density at radius 3 is 2.28 bits per heavy atom. The van der Waals surface area contributed by atoms with E-state index in [2.05, 4.69) is 39.4 Å². The van der Waals surface area contributed by atoms with E-state index in [1.807, 2.05) is 43.3 Å². The van der Waals surface area contributed by atoms with Gasteiger partial charge in [0.1, 0.15) is 0 Å². The molecule has 162 valence electrons. The number of rotatable bonds is 4. The second-order valence-corrected chi connectivity index (χ2v) is 9.95. The van der Waals surface area contributed by atoms with Crippen molar-refractivity contribution in [2.45, 2.75) is 11.8 Å². The molecule has 1 saturated heterocycles. The molecule has 1 aliphatic heterocycles. The Bertz CT molecular complexity index is 1360. The van der Waals surface area contributed by atoms with E-state index in [0.717, 1.165) is 28.0 Å². The predicted molar refractivity (Wildman–Crippen MR) is 127 cm³/mol. The minimum absolute atomic E-state index is 0.352. The predicted octanol–water partition coefficient (Wildman–Crippen LogP) is 4.12. The second-order valence-electron chi connectivity index (χ2n) is 8.01. The molecular formula is C25H24N4O2S. The quantitative estimate of drug-likeness (QED) is 0.474. The number of anilines is 1. The third kappa shape index (κ3) is 3.85. The van der Waals surface area contributed by atoms with Gasteiger partial charge in [-0.1, -0.05) is 54.6 Å². The Hall–Kier alpha value is -3.29. The molecule has 3 aromatic carbocycles. The van der Waals surface area contributed by atoms with Gasteiger partial charge in [0.2, 0.25) is 10.0 Å². The smallest absolute Gasteiger partial charge is 0.243 e. The molecule has 0 spiro atoms. The van der Waals surface area contributed by atoms with Crippen LogP contribution in [0.4, 0.5) is 5.82 Å². The first-order valence-electron chi connectivity index (χ1n) is 10.7. The van der Waals surface area contributed by atoms with Crippen LogP contribution in [0, 0.1) is 6.92 Å². The molecule has 0 saturated carbocycles. The van der Waals surface area contributed by atoms with Crippen molar-refractivity contribution in [2.24, 2.45) is 0 Å². The standard InChI is InChI=1S/C25H24N4O2S/c1-19-6-4-9-21(18-19)32(30,31)29-16-14-28(15-17-29)25-13-12-24(26-27-25)23-11-5-8-20-7-2-3-10-22(20)23/h2-13,18H,14-17H2,1H3. The summed E-state index contributed by atoms with van der Waals surface area (Å²) in [6, 6.07) is 25.4. The highest BCUT2D eigenvalue weighted by Crippen LogP contribution is 2.28. The maximum atomic E-state index is 13.0. The van der Waals surface area contributed by atoms with Crippen molar-refractivity contribution < 1.29 is 8.42 Å². The summed E-state index contributed by atoms with van der Waals surface area (Å²) in [6.07, 6.45) is 0. The Kier molecular flexibility index (Phi) is 5.36. The maximum Gasteiger partial charge on any atom is 0.243 e. The first kappa shape index (κ1) is 20.6. The highest BCUT2D eigenvalue weighted by molar-refractivity contribution is 7.89. The molecule has 2 heterocycles. The zero-order valence-electron chi connectivity index (χ0n) is 17.8. The van der Waals surface area contributed by atoms with Crippen LogP contribution in [0.3, 0.4) is 0 Å². The minimum atomic E-state index is -3.48. The van der Waals surface area contributed by atoms with Gasteiger partial charge in [0.15, 0.2) is 5.82 Å². The summed E-state index contributed by atoms with van der Waals surface area (Å²) in [5, 5.41) is 11.2. The number of benzene rings is 3. The molecule has 0 unspecified atom stereocenters. The van der Waals surface area contributed by atoms with E-state index in [1.54, 1.807) is 22.5 Å². The molecule has 0 aliphatic carbocycles. The third-order valence-corrected chi connectivity index (χ3v) is 7.80. The minimum Gasteiger partial charge on any atom is -0.352 e. The normalized spacial score (nSPS) is 15.2. The van der Waals surface area contributed by atoms with Gasteiger partial charge < -0.3 is 4.90 Å².